The Morgan fingerprint density at radius 2 is 1.91 bits per heavy atom. The quantitative estimate of drug-likeness (QED) is 0.562. The molecule has 33 heavy (non-hydrogen) atoms. The van der Waals surface area contributed by atoms with Crippen LogP contribution >= 0.6 is 0 Å². The Morgan fingerprint density at radius 3 is 2.64 bits per heavy atom. The number of phenols is 1. The highest BCUT2D eigenvalue weighted by atomic mass is 16.5. The predicted molar refractivity (Wildman–Crippen MR) is 118 cm³/mol. The molecule has 9 heteroatoms. The van der Waals surface area contributed by atoms with Gasteiger partial charge >= 0.3 is 11.4 Å². The minimum Gasteiger partial charge on any atom is -0.504 e. The minimum absolute atomic E-state index is 0.0327. The molecule has 170 valence electrons. The summed E-state index contributed by atoms with van der Waals surface area (Å²) in [4.78, 5) is 51.8. The van der Waals surface area contributed by atoms with E-state index < -0.39 is 23.3 Å². The summed E-state index contributed by atoms with van der Waals surface area (Å²) in [6.45, 7) is 3.91. The van der Waals surface area contributed by atoms with Gasteiger partial charge in [0.2, 0.25) is 0 Å². The standard InChI is InChI=1S/C24H23N3O6/c1-4-33-19-10-13(5-6-17(19)28)20-14-7-8-26-23(31)25(3)24(32)27(26)16(14)11-15-21(20)18(29)9-12(2)22(15)30/h5-7,9-10,16,20,28H,4,8,11H2,1-3H3. The van der Waals surface area contributed by atoms with Crippen LogP contribution in [0.1, 0.15) is 37.8 Å². The third-order valence-electron chi connectivity index (χ3n) is 6.64. The first-order chi connectivity index (χ1) is 15.7. The smallest absolute Gasteiger partial charge is 0.347 e. The lowest BCUT2D eigenvalue weighted by atomic mass is 9.68. The van der Waals surface area contributed by atoms with Crippen molar-refractivity contribution in [1.82, 2.24) is 13.9 Å². The molecule has 2 aromatic rings. The predicted octanol–water partition coefficient (Wildman–Crippen LogP) is 1.52. The van der Waals surface area contributed by atoms with Gasteiger partial charge in [-0.25, -0.2) is 23.5 Å². The number of phenolic OH excluding ortho intramolecular Hbond substituents is 1. The number of fused-ring (bicyclic) bond motifs is 3. The molecule has 2 atom stereocenters. The number of aromatic hydroxyl groups is 1. The van der Waals surface area contributed by atoms with Crippen molar-refractivity contribution in [1.29, 1.82) is 0 Å². The molecule has 1 N–H and O–H groups in total. The van der Waals surface area contributed by atoms with Gasteiger partial charge in [0.05, 0.1) is 19.2 Å². The molecule has 0 amide bonds. The van der Waals surface area contributed by atoms with Crippen LogP contribution in [0.5, 0.6) is 11.5 Å². The molecule has 2 heterocycles. The summed E-state index contributed by atoms with van der Waals surface area (Å²) < 4.78 is 9.34. The number of allylic oxidation sites excluding steroid dienone is 6. The first kappa shape index (κ1) is 21.0. The maximum absolute atomic E-state index is 13.2. The molecule has 0 bridgehead atoms. The Morgan fingerprint density at radius 1 is 1.15 bits per heavy atom. The number of aromatic nitrogens is 3. The van der Waals surface area contributed by atoms with Gasteiger partial charge in [-0.3, -0.25) is 9.59 Å². The number of hydrogen-bond donors (Lipinski definition) is 1. The Labute approximate surface area is 188 Å². The summed E-state index contributed by atoms with van der Waals surface area (Å²) in [7, 11) is 1.42. The number of benzene rings is 1. The van der Waals surface area contributed by atoms with Crippen LogP contribution in [-0.4, -0.2) is 37.2 Å². The molecule has 9 nitrogen and oxygen atoms in total. The van der Waals surface area contributed by atoms with E-state index in [-0.39, 0.29) is 36.0 Å². The molecule has 0 fully saturated rings. The summed E-state index contributed by atoms with van der Waals surface area (Å²) >= 11 is 0. The Balaban J connectivity index is 1.77. The van der Waals surface area contributed by atoms with E-state index in [0.29, 0.717) is 28.9 Å². The fourth-order valence-electron chi connectivity index (χ4n) is 5.12. The van der Waals surface area contributed by atoms with Gasteiger partial charge in [-0.2, -0.15) is 0 Å². The molecule has 5 rings (SSSR count). The van der Waals surface area contributed by atoms with Crippen LogP contribution in [0, 0.1) is 0 Å². The van der Waals surface area contributed by atoms with Crippen molar-refractivity contribution in [2.24, 2.45) is 7.05 Å². The van der Waals surface area contributed by atoms with Crippen molar-refractivity contribution in [3.05, 3.63) is 79.2 Å². The lowest BCUT2D eigenvalue weighted by Crippen LogP contribution is -2.40. The molecular weight excluding hydrogens is 426 g/mol. The van der Waals surface area contributed by atoms with E-state index in [0.717, 1.165) is 10.1 Å². The maximum atomic E-state index is 13.2. The van der Waals surface area contributed by atoms with Gasteiger partial charge in [0.25, 0.3) is 0 Å². The van der Waals surface area contributed by atoms with E-state index in [1.54, 1.807) is 26.0 Å². The van der Waals surface area contributed by atoms with E-state index in [1.807, 2.05) is 6.08 Å². The van der Waals surface area contributed by atoms with Gasteiger partial charge in [0.15, 0.2) is 23.1 Å². The van der Waals surface area contributed by atoms with Crippen LogP contribution in [0.15, 0.2) is 62.2 Å². The van der Waals surface area contributed by atoms with Crippen molar-refractivity contribution < 1.29 is 19.4 Å². The van der Waals surface area contributed by atoms with E-state index in [9.17, 15) is 24.3 Å². The monoisotopic (exact) mass is 449 g/mol. The molecule has 3 aliphatic rings. The first-order valence-corrected chi connectivity index (χ1v) is 10.8. The number of nitrogens with zero attached hydrogens (tertiary/aromatic N) is 3. The van der Waals surface area contributed by atoms with Crippen molar-refractivity contribution >= 4 is 11.6 Å². The van der Waals surface area contributed by atoms with Gasteiger partial charge in [0, 0.05) is 36.1 Å². The second-order valence-corrected chi connectivity index (χ2v) is 8.48. The SMILES string of the molecule is CCOc1cc(C2C3=CCn4c(=O)n(C)c(=O)n4C3CC3=C2C(=O)C=C(C)C3=O)ccc1O. The van der Waals surface area contributed by atoms with Crippen molar-refractivity contribution in [3.63, 3.8) is 0 Å². The van der Waals surface area contributed by atoms with E-state index in [2.05, 4.69) is 0 Å². The van der Waals surface area contributed by atoms with Crippen LogP contribution in [0.25, 0.3) is 0 Å². The normalized spacial score (nSPS) is 21.8. The van der Waals surface area contributed by atoms with Crippen LogP contribution in [-0.2, 0) is 23.2 Å². The van der Waals surface area contributed by atoms with E-state index in [4.69, 9.17) is 4.74 Å². The summed E-state index contributed by atoms with van der Waals surface area (Å²) in [5.41, 5.74) is 1.60. The Hall–Kier alpha value is -3.88. The average Bonchev–Trinajstić information content (AvgIpc) is 3.02. The third kappa shape index (κ3) is 2.92. The summed E-state index contributed by atoms with van der Waals surface area (Å²) in [6, 6.07) is 4.26. The van der Waals surface area contributed by atoms with Gasteiger partial charge in [-0.1, -0.05) is 12.1 Å². The number of ether oxygens (including phenoxy) is 1. The van der Waals surface area contributed by atoms with E-state index >= 15 is 0 Å². The number of Topliss-reactive ketones (excluding diaryl/α,β-unsaturated/α-hetero) is 1. The summed E-state index contributed by atoms with van der Waals surface area (Å²) in [6.07, 6.45) is 3.36. The fourth-order valence-corrected chi connectivity index (χ4v) is 5.12. The first-order valence-electron chi connectivity index (χ1n) is 10.8. The molecule has 0 saturated heterocycles. The van der Waals surface area contributed by atoms with Gasteiger partial charge < -0.3 is 9.84 Å². The molecule has 1 aromatic heterocycles. The molecule has 0 spiro atoms. The number of ketones is 2. The zero-order valence-electron chi connectivity index (χ0n) is 18.5. The number of rotatable bonds is 3. The highest BCUT2D eigenvalue weighted by Gasteiger charge is 2.44. The van der Waals surface area contributed by atoms with Gasteiger partial charge in [-0.05, 0) is 43.2 Å². The summed E-state index contributed by atoms with van der Waals surface area (Å²) in [5, 5.41) is 10.2. The largest absolute Gasteiger partial charge is 0.504 e. The fraction of sp³-hybridized carbons (Fsp3) is 0.333. The molecular formula is C24H23N3O6. The van der Waals surface area contributed by atoms with Gasteiger partial charge in [-0.15, -0.1) is 0 Å². The van der Waals surface area contributed by atoms with Crippen molar-refractivity contribution in [2.45, 2.75) is 38.8 Å². The molecule has 1 aromatic carbocycles. The topological polar surface area (TPSA) is 113 Å². The van der Waals surface area contributed by atoms with E-state index in [1.165, 1.54) is 28.6 Å². The van der Waals surface area contributed by atoms with Crippen LogP contribution in [0.4, 0.5) is 0 Å². The molecule has 0 saturated carbocycles. The zero-order valence-corrected chi connectivity index (χ0v) is 18.5. The minimum atomic E-state index is -0.615. The van der Waals surface area contributed by atoms with Crippen LogP contribution < -0.4 is 16.1 Å². The van der Waals surface area contributed by atoms with Crippen LogP contribution in [0.2, 0.25) is 0 Å². The second kappa shape index (κ2) is 7.33. The zero-order chi connectivity index (χ0) is 23.6. The average molecular weight is 449 g/mol. The van der Waals surface area contributed by atoms with Crippen molar-refractivity contribution in [2.75, 3.05) is 6.61 Å². The lowest BCUT2D eigenvalue weighted by molar-refractivity contribution is -0.116. The molecule has 2 unspecified atom stereocenters. The highest BCUT2D eigenvalue weighted by molar-refractivity contribution is 6.23. The molecule has 1 aliphatic heterocycles. The number of carbonyl (C=O) groups excluding carboxylic acids is 2. The highest BCUT2D eigenvalue weighted by Crippen LogP contribution is 2.50. The second-order valence-electron chi connectivity index (χ2n) is 8.48. The van der Waals surface area contributed by atoms with Gasteiger partial charge in [0.1, 0.15) is 0 Å². The number of hydrogen-bond acceptors (Lipinski definition) is 6. The van der Waals surface area contributed by atoms with Crippen molar-refractivity contribution in [3.8, 4) is 11.5 Å². The number of carbonyl (C=O) groups is 2. The lowest BCUT2D eigenvalue weighted by Gasteiger charge is -2.39. The summed E-state index contributed by atoms with van der Waals surface area (Å²) in [5.74, 6) is -0.863. The Bertz CT molecular complexity index is 1450. The van der Waals surface area contributed by atoms with Crippen LogP contribution in [0.3, 0.4) is 0 Å². The maximum Gasteiger partial charge on any atom is 0.347 e. The molecule has 2 aliphatic carbocycles. The Kier molecular flexibility index (Phi) is 4.66. The third-order valence-corrected chi connectivity index (χ3v) is 6.64. The molecule has 0 radical (unpaired) electrons.